The Kier molecular flexibility index (Phi) is 11.4. The predicted molar refractivity (Wildman–Crippen MR) is 173 cm³/mol. The number of benzene rings is 2. The molecule has 0 saturated carbocycles. The second kappa shape index (κ2) is 13.3. The largest absolute Gasteiger partial charge is 0.306 e. The van der Waals surface area contributed by atoms with E-state index >= 15 is 4.57 Å². The van der Waals surface area contributed by atoms with Crippen LogP contribution < -0.4 is 0 Å². The summed E-state index contributed by atoms with van der Waals surface area (Å²) >= 11 is 0. The van der Waals surface area contributed by atoms with Crippen molar-refractivity contribution in [1.29, 1.82) is 0 Å². The molecule has 4 heteroatoms. The van der Waals surface area contributed by atoms with Crippen molar-refractivity contribution < 1.29 is 14.2 Å². The van der Waals surface area contributed by atoms with Crippen LogP contribution in [0, 0.1) is 0 Å². The summed E-state index contributed by atoms with van der Waals surface area (Å²) in [5, 5.41) is 0. The van der Waals surface area contributed by atoms with Crippen LogP contribution in [0.1, 0.15) is 193 Å². The van der Waals surface area contributed by atoms with Gasteiger partial charge in [0, 0.05) is 16.8 Å². The summed E-state index contributed by atoms with van der Waals surface area (Å²) in [7, 11) is -4.06. The quantitative estimate of drug-likeness (QED) is 0.240. The van der Waals surface area contributed by atoms with Gasteiger partial charge in [-0.25, -0.2) is 0 Å². The number of carbonyl (C=O) groups excluding carboxylic acids is 2. The minimum absolute atomic E-state index is 0.0541. The molecule has 1 unspecified atom stereocenters. The Morgan fingerprint density at radius 3 is 0.950 bits per heavy atom. The number of hydrogen-bond donors (Lipinski definition) is 0. The fourth-order valence-corrected chi connectivity index (χ4v) is 8.17. The molecule has 40 heavy (non-hydrogen) atoms. The lowest BCUT2D eigenvalue weighted by molar-refractivity contribution is 0.103. The minimum Gasteiger partial charge on any atom is -0.306 e. The first-order chi connectivity index (χ1) is 18.4. The van der Waals surface area contributed by atoms with Gasteiger partial charge in [-0.2, -0.15) is 0 Å². The zero-order chi connectivity index (χ0) is 30.9. The maximum atomic E-state index is 15.4. The van der Waals surface area contributed by atoms with Crippen LogP contribution in [0.25, 0.3) is 0 Å². The maximum absolute atomic E-state index is 15.4. The average molecular weight is 567 g/mol. The van der Waals surface area contributed by atoms with Crippen LogP contribution in [0.5, 0.6) is 0 Å². The summed E-state index contributed by atoms with van der Waals surface area (Å²) in [5.74, 6) is 0.807. The van der Waals surface area contributed by atoms with Crippen molar-refractivity contribution in [2.45, 2.75) is 145 Å². The molecule has 0 spiro atoms. The van der Waals surface area contributed by atoms with Gasteiger partial charge in [-0.1, -0.05) is 121 Å². The second-order valence-corrected chi connectivity index (χ2v) is 16.6. The van der Waals surface area contributed by atoms with Crippen molar-refractivity contribution >= 4 is 18.2 Å². The van der Waals surface area contributed by atoms with E-state index in [4.69, 9.17) is 0 Å². The Labute approximate surface area is 245 Å². The first-order valence-electron chi connectivity index (χ1n) is 15.5. The van der Waals surface area contributed by atoms with Crippen LogP contribution in [-0.2, 0) is 4.57 Å². The van der Waals surface area contributed by atoms with Crippen molar-refractivity contribution in [2.75, 3.05) is 0 Å². The molecule has 222 valence electrons. The third-order valence-corrected chi connectivity index (χ3v) is 11.8. The molecule has 2 aromatic carbocycles. The van der Waals surface area contributed by atoms with Gasteiger partial charge in [0.1, 0.15) is 0 Å². The normalized spacial score (nSPS) is 13.4. The summed E-state index contributed by atoms with van der Waals surface area (Å²) in [5.41, 5.74) is 5.52. The lowest BCUT2D eigenvalue weighted by Crippen LogP contribution is -2.24. The summed E-state index contributed by atoms with van der Waals surface area (Å²) < 4.78 is 15.4. The van der Waals surface area contributed by atoms with E-state index in [1.54, 1.807) is 0 Å². The predicted octanol–water partition coefficient (Wildman–Crippen LogP) is 11.6. The lowest BCUT2D eigenvalue weighted by Gasteiger charge is -2.29. The topological polar surface area (TPSA) is 51.2 Å². The van der Waals surface area contributed by atoms with Crippen LogP contribution in [0.15, 0.2) is 24.3 Å². The Morgan fingerprint density at radius 1 is 0.525 bits per heavy atom. The van der Waals surface area contributed by atoms with Crippen LogP contribution >= 0.6 is 7.14 Å². The Hall–Kier alpha value is -1.99. The summed E-state index contributed by atoms with van der Waals surface area (Å²) in [6.45, 7) is 29.0. The fourth-order valence-electron chi connectivity index (χ4n) is 5.49. The van der Waals surface area contributed by atoms with Gasteiger partial charge in [-0.15, -0.1) is 0 Å². The van der Waals surface area contributed by atoms with Crippen molar-refractivity contribution in [2.24, 2.45) is 0 Å². The van der Waals surface area contributed by atoms with E-state index in [9.17, 15) is 9.59 Å². The molecule has 0 saturated heterocycles. The number of carbonyl (C=O) groups is 2. The van der Waals surface area contributed by atoms with Crippen LogP contribution in [-0.4, -0.2) is 16.7 Å². The molecule has 2 aromatic rings. The minimum atomic E-state index is -4.06. The van der Waals surface area contributed by atoms with Crippen LogP contribution in [0.4, 0.5) is 0 Å². The van der Waals surface area contributed by atoms with Gasteiger partial charge in [0.05, 0.1) is 0 Å². The highest BCUT2D eigenvalue weighted by Gasteiger charge is 2.48. The molecule has 2 rings (SSSR count). The van der Waals surface area contributed by atoms with Crippen molar-refractivity contribution in [3.8, 4) is 0 Å². The molecule has 0 amide bonds. The SMILES string of the molecule is CCC(C)P(=O)(C(=O)c1c(C(C)C)cc(C(C)C)cc1C(C)C)C(=O)c1c(C(C)C)cc(C(C)C)cc1C(C)C. The molecule has 0 N–H and O–H groups in total. The highest BCUT2D eigenvalue weighted by Crippen LogP contribution is 2.59. The molecule has 0 bridgehead atoms. The van der Waals surface area contributed by atoms with Crippen molar-refractivity contribution in [3.05, 3.63) is 68.8 Å². The Bertz CT molecular complexity index is 1130. The first-order valence-corrected chi connectivity index (χ1v) is 17.2. The van der Waals surface area contributed by atoms with E-state index < -0.39 is 23.8 Å². The zero-order valence-electron chi connectivity index (χ0n) is 27.7. The Balaban J connectivity index is 3.05. The molecule has 0 aliphatic heterocycles. The number of hydrogen-bond acceptors (Lipinski definition) is 3. The van der Waals surface area contributed by atoms with E-state index in [1.165, 1.54) is 11.1 Å². The van der Waals surface area contributed by atoms with E-state index in [-0.39, 0.29) is 23.7 Å². The van der Waals surface area contributed by atoms with Gasteiger partial charge >= 0.3 is 0 Å². The van der Waals surface area contributed by atoms with Gasteiger partial charge in [0.15, 0.2) is 0 Å². The summed E-state index contributed by atoms with van der Waals surface area (Å²) in [6, 6.07) is 8.43. The van der Waals surface area contributed by atoms with E-state index in [1.807, 2.05) is 13.8 Å². The molecule has 0 heterocycles. The summed E-state index contributed by atoms with van der Waals surface area (Å²) in [4.78, 5) is 29.7. The van der Waals surface area contributed by atoms with E-state index in [2.05, 4.69) is 107 Å². The number of rotatable bonds is 12. The molecule has 0 aliphatic rings. The van der Waals surface area contributed by atoms with E-state index in [0.717, 1.165) is 22.3 Å². The highest BCUT2D eigenvalue weighted by molar-refractivity contribution is 7.95. The molecule has 1 atom stereocenters. The molecule has 0 aliphatic carbocycles. The molecule has 0 radical (unpaired) electrons. The Morgan fingerprint density at radius 2 is 0.775 bits per heavy atom. The van der Waals surface area contributed by atoms with Gasteiger partial charge in [-0.05, 0) is 75.3 Å². The smallest absolute Gasteiger partial charge is 0.229 e. The van der Waals surface area contributed by atoms with Crippen LogP contribution in [0.2, 0.25) is 0 Å². The van der Waals surface area contributed by atoms with E-state index in [0.29, 0.717) is 29.4 Å². The second-order valence-electron chi connectivity index (χ2n) is 13.6. The third kappa shape index (κ3) is 6.56. The first kappa shape index (κ1) is 34.2. The standard InChI is InChI=1S/C36H55O3P/c1-15-26(14)40(39,35(37)33-29(22(6)7)16-27(20(2)3)17-30(33)23(8)9)36(38)34-31(24(10)11)18-28(21(4)5)19-32(34)25(12)13/h16-26H,15H2,1-14H3. The molecule has 0 fully saturated rings. The van der Waals surface area contributed by atoms with Crippen molar-refractivity contribution in [1.82, 2.24) is 0 Å². The molecular formula is C36H55O3P. The average Bonchev–Trinajstić information content (AvgIpc) is 2.89. The molecule has 0 aromatic heterocycles. The zero-order valence-corrected chi connectivity index (χ0v) is 28.6. The van der Waals surface area contributed by atoms with Gasteiger partial charge in [0.2, 0.25) is 18.2 Å². The van der Waals surface area contributed by atoms with Crippen LogP contribution in [0.3, 0.4) is 0 Å². The van der Waals surface area contributed by atoms with Gasteiger partial charge in [0.25, 0.3) is 0 Å². The fraction of sp³-hybridized carbons (Fsp3) is 0.611. The van der Waals surface area contributed by atoms with Crippen molar-refractivity contribution in [3.63, 3.8) is 0 Å². The monoisotopic (exact) mass is 566 g/mol. The summed E-state index contributed by atoms with van der Waals surface area (Å²) in [6.07, 6.45) is 0.491. The highest BCUT2D eigenvalue weighted by atomic mass is 31.2. The van der Waals surface area contributed by atoms with Gasteiger partial charge < -0.3 is 4.57 Å². The molecule has 3 nitrogen and oxygen atoms in total. The van der Waals surface area contributed by atoms with Gasteiger partial charge in [-0.3, -0.25) is 9.59 Å². The maximum Gasteiger partial charge on any atom is 0.229 e. The molecular weight excluding hydrogens is 511 g/mol. The third-order valence-electron chi connectivity index (χ3n) is 8.51. The lowest BCUT2D eigenvalue weighted by atomic mass is 9.85.